The molecule has 2 rings (SSSR count). The molecule has 0 saturated carbocycles. The van der Waals surface area contributed by atoms with Gasteiger partial charge in [-0.2, -0.15) is 0 Å². The first-order valence-electron chi connectivity index (χ1n) is 5.38. The van der Waals surface area contributed by atoms with Crippen molar-refractivity contribution in [1.82, 2.24) is 0 Å². The van der Waals surface area contributed by atoms with Gasteiger partial charge in [0.25, 0.3) is 0 Å². The molecule has 1 aliphatic heterocycles. The minimum Gasteiger partial charge on any atom is -0.326 e. The van der Waals surface area contributed by atoms with Gasteiger partial charge in [0, 0.05) is 18.4 Å². The molecular weight excluding hydrogens is 234 g/mol. The van der Waals surface area contributed by atoms with Crippen LogP contribution in [0.4, 0.5) is 5.69 Å². The van der Waals surface area contributed by atoms with E-state index in [2.05, 4.69) is 5.32 Å². The minimum absolute atomic E-state index is 0.0493. The zero-order chi connectivity index (χ0) is 12.3. The van der Waals surface area contributed by atoms with Gasteiger partial charge in [0.1, 0.15) is 0 Å². The third-order valence-corrected chi connectivity index (χ3v) is 3.21. The molecule has 0 fully saturated rings. The number of nitrogens with one attached hydrogen (secondary N) is 1. The second kappa shape index (κ2) is 5.19. The molecule has 17 heavy (non-hydrogen) atoms. The number of benzene rings is 1. The monoisotopic (exact) mass is 247 g/mol. The fourth-order valence-corrected chi connectivity index (χ4v) is 2.13. The van der Waals surface area contributed by atoms with Gasteiger partial charge in [-0.05, 0) is 23.3 Å². The first-order valence-corrected chi connectivity index (χ1v) is 6.36. The summed E-state index contributed by atoms with van der Waals surface area (Å²) in [5, 5.41) is 2.92. The number of carbonyl (C=O) groups excluding carboxylic acids is 2. The summed E-state index contributed by atoms with van der Waals surface area (Å²) in [4.78, 5) is 21.9. The molecule has 0 spiro atoms. The van der Waals surface area contributed by atoms with Gasteiger partial charge >= 0.3 is 0 Å². The van der Waals surface area contributed by atoms with Crippen molar-refractivity contribution < 1.29 is 9.59 Å². The molecule has 1 aliphatic rings. The van der Waals surface area contributed by atoms with Crippen LogP contribution in [0.25, 0.3) is 6.08 Å². The second-order valence-electron chi connectivity index (χ2n) is 3.85. The summed E-state index contributed by atoms with van der Waals surface area (Å²) in [6.07, 6.45) is 4.39. The van der Waals surface area contributed by atoms with Crippen LogP contribution in [-0.4, -0.2) is 16.8 Å². The van der Waals surface area contributed by atoms with Crippen LogP contribution in [0.1, 0.15) is 18.1 Å². The van der Waals surface area contributed by atoms with E-state index in [-0.39, 0.29) is 11.0 Å². The van der Waals surface area contributed by atoms with E-state index in [1.54, 1.807) is 6.92 Å². The topological polar surface area (TPSA) is 46.2 Å². The average Bonchev–Trinajstić information content (AvgIpc) is 2.63. The molecule has 0 bridgehead atoms. The number of rotatable bonds is 3. The highest BCUT2D eigenvalue weighted by Crippen LogP contribution is 2.24. The molecule has 0 unspecified atom stereocenters. The molecule has 1 amide bonds. The lowest BCUT2D eigenvalue weighted by Gasteiger charge is -1.99. The molecular formula is C13H13NO2S. The summed E-state index contributed by atoms with van der Waals surface area (Å²) in [5.41, 5.74) is 3.01. The van der Waals surface area contributed by atoms with E-state index in [1.807, 2.05) is 30.4 Å². The van der Waals surface area contributed by atoms with Gasteiger partial charge in [-0.15, -0.1) is 0 Å². The fourth-order valence-electron chi connectivity index (χ4n) is 1.70. The SMILES string of the molecule is CC(=O)SCC=Cc1ccc2c(c1)CC(=O)N2. The third-order valence-electron chi connectivity index (χ3n) is 2.45. The summed E-state index contributed by atoms with van der Waals surface area (Å²) in [5.74, 6) is 0.733. The number of thioether (sulfide) groups is 1. The Morgan fingerprint density at radius 1 is 1.53 bits per heavy atom. The van der Waals surface area contributed by atoms with E-state index >= 15 is 0 Å². The highest BCUT2D eigenvalue weighted by atomic mass is 32.2. The summed E-state index contributed by atoms with van der Waals surface area (Å²) in [6, 6.07) is 5.87. The number of amides is 1. The smallest absolute Gasteiger partial charge is 0.228 e. The van der Waals surface area contributed by atoms with Crippen molar-refractivity contribution >= 4 is 34.5 Å². The maximum Gasteiger partial charge on any atom is 0.228 e. The molecule has 0 aliphatic carbocycles. The molecule has 0 radical (unpaired) electrons. The largest absolute Gasteiger partial charge is 0.326 e. The van der Waals surface area contributed by atoms with Crippen LogP contribution >= 0.6 is 11.8 Å². The summed E-state index contributed by atoms with van der Waals surface area (Å²) in [7, 11) is 0. The first kappa shape index (κ1) is 11.9. The van der Waals surface area contributed by atoms with Crippen molar-refractivity contribution in [3.63, 3.8) is 0 Å². The predicted octanol–water partition coefficient (Wildman–Crippen LogP) is 2.47. The van der Waals surface area contributed by atoms with Gasteiger partial charge in [0.2, 0.25) is 5.91 Å². The third kappa shape index (κ3) is 3.20. The highest BCUT2D eigenvalue weighted by molar-refractivity contribution is 8.13. The molecule has 88 valence electrons. The van der Waals surface area contributed by atoms with E-state index in [1.165, 1.54) is 11.8 Å². The van der Waals surface area contributed by atoms with Gasteiger partial charge in [-0.3, -0.25) is 9.59 Å². The van der Waals surface area contributed by atoms with Crippen molar-refractivity contribution in [3.05, 3.63) is 35.4 Å². The van der Waals surface area contributed by atoms with E-state index in [0.29, 0.717) is 12.2 Å². The van der Waals surface area contributed by atoms with Crippen LogP contribution in [0.15, 0.2) is 24.3 Å². The quantitative estimate of drug-likeness (QED) is 0.892. The fraction of sp³-hybridized carbons (Fsp3) is 0.231. The second-order valence-corrected chi connectivity index (χ2v) is 5.04. The molecule has 0 aromatic heterocycles. The van der Waals surface area contributed by atoms with Gasteiger partial charge in [-0.25, -0.2) is 0 Å². The van der Waals surface area contributed by atoms with Gasteiger partial charge in [0.05, 0.1) is 6.42 Å². The lowest BCUT2D eigenvalue weighted by molar-refractivity contribution is -0.115. The lowest BCUT2D eigenvalue weighted by atomic mass is 10.1. The van der Waals surface area contributed by atoms with E-state index in [0.717, 1.165) is 16.8 Å². The molecule has 0 saturated heterocycles. The first-order chi connectivity index (χ1) is 8.15. The number of carbonyl (C=O) groups is 2. The Bertz CT molecular complexity index is 494. The van der Waals surface area contributed by atoms with Crippen molar-refractivity contribution in [2.75, 3.05) is 11.1 Å². The summed E-state index contributed by atoms with van der Waals surface area (Å²) in [6.45, 7) is 1.56. The average molecular weight is 247 g/mol. The number of hydrogen-bond donors (Lipinski definition) is 1. The van der Waals surface area contributed by atoms with Crippen LogP contribution in [0, 0.1) is 0 Å². The van der Waals surface area contributed by atoms with Crippen LogP contribution in [0.5, 0.6) is 0 Å². The van der Waals surface area contributed by atoms with Crippen molar-refractivity contribution in [2.45, 2.75) is 13.3 Å². The number of hydrogen-bond acceptors (Lipinski definition) is 3. The molecule has 1 N–H and O–H groups in total. The van der Waals surface area contributed by atoms with Crippen LogP contribution in [0.2, 0.25) is 0 Å². The molecule has 1 heterocycles. The zero-order valence-corrected chi connectivity index (χ0v) is 10.3. The molecule has 1 aromatic rings. The maximum atomic E-state index is 11.2. The molecule has 0 atom stereocenters. The Hall–Kier alpha value is -1.55. The van der Waals surface area contributed by atoms with Crippen LogP contribution < -0.4 is 5.32 Å². The predicted molar refractivity (Wildman–Crippen MR) is 70.9 cm³/mol. The lowest BCUT2D eigenvalue weighted by Crippen LogP contribution is -2.03. The Balaban J connectivity index is 2.01. The van der Waals surface area contributed by atoms with Crippen molar-refractivity contribution in [1.29, 1.82) is 0 Å². The Labute approximate surface area is 104 Å². The Kier molecular flexibility index (Phi) is 3.64. The minimum atomic E-state index is 0.0493. The Morgan fingerprint density at radius 2 is 2.35 bits per heavy atom. The van der Waals surface area contributed by atoms with Crippen molar-refractivity contribution in [2.24, 2.45) is 0 Å². The standard InChI is InChI=1S/C13H13NO2S/c1-9(15)17-6-2-3-10-4-5-12-11(7-10)8-13(16)14-12/h2-5,7H,6,8H2,1H3,(H,14,16). The van der Waals surface area contributed by atoms with Crippen molar-refractivity contribution in [3.8, 4) is 0 Å². The molecule has 1 aromatic carbocycles. The number of anilines is 1. The molecule has 3 nitrogen and oxygen atoms in total. The number of fused-ring (bicyclic) bond motifs is 1. The van der Waals surface area contributed by atoms with E-state index < -0.39 is 0 Å². The maximum absolute atomic E-state index is 11.2. The molecule has 4 heteroatoms. The van der Waals surface area contributed by atoms with Crippen LogP contribution in [0.3, 0.4) is 0 Å². The van der Waals surface area contributed by atoms with Crippen LogP contribution in [-0.2, 0) is 16.0 Å². The van der Waals surface area contributed by atoms with E-state index in [9.17, 15) is 9.59 Å². The summed E-state index contributed by atoms with van der Waals surface area (Å²) >= 11 is 1.28. The summed E-state index contributed by atoms with van der Waals surface area (Å²) < 4.78 is 0. The zero-order valence-electron chi connectivity index (χ0n) is 9.53. The highest BCUT2D eigenvalue weighted by Gasteiger charge is 2.16. The van der Waals surface area contributed by atoms with Gasteiger partial charge in [-0.1, -0.05) is 30.0 Å². The normalized spacial score (nSPS) is 13.8. The van der Waals surface area contributed by atoms with Gasteiger partial charge in [0.15, 0.2) is 5.12 Å². The van der Waals surface area contributed by atoms with Gasteiger partial charge < -0.3 is 5.32 Å². The Morgan fingerprint density at radius 3 is 3.12 bits per heavy atom. The van der Waals surface area contributed by atoms with E-state index in [4.69, 9.17) is 0 Å².